The highest BCUT2D eigenvalue weighted by atomic mass is 16.5. The first-order chi connectivity index (χ1) is 21.6. The molecule has 0 bridgehead atoms. The van der Waals surface area contributed by atoms with Gasteiger partial charge in [0.1, 0.15) is 25.4 Å². The van der Waals surface area contributed by atoms with Crippen LogP contribution < -0.4 is 25.8 Å². The molecule has 9 nitrogen and oxygen atoms in total. The number of nitrogens with two attached hydrogens (primary N) is 1. The first-order valence-electron chi connectivity index (χ1n) is 14.4. The van der Waals surface area contributed by atoms with Crippen LogP contribution in [0.2, 0.25) is 0 Å². The van der Waals surface area contributed by atoms with Gasteiger partial charge in [0.25, 0.3) is 0 Å². The highest BCUT2D eigenvalue weighted by Gasteiger charge is 2.13. The Kier molecular flexibility index (Phi) is 10.6. The maximum Gasteiger partial charge on any atom is 0.163 e. The summed E-state index contributed by atoms with van der Waals surface area (Å²) in [6.07, 6.45) is 4.22. The van der Waals surface area contributed by atoms with Crippen molar-refractivity contribution in [1.29, 1.82) is 0 Å². The molecule has 0 saturated heterocycles. The summed E-state index contributed by atoms with van der Waals surface area (Å²) in [6.45, 7) is 1.66. The number of aromatic nitrogens is 2. The molecule has 0 aliphatic rings. The van der Waals surface area contributed by atoms with Gasteiger partial charge < -0.3 is 35.3 Å². The quantitative estimate of drug-likeness (QED) is 0.119. The fourth-order valence-corrected chi connectivity index (χ4v) is 4.57. The van der Waals surface area contributed by atoms with Gasteiger partial charge in [-0.05, 0) is 47.9 Å². The van der Waals surface area contributed by atoms with Gasteiger partial charge in [-0.25, -0.2) is 9.97 Å². The molecule has 0 fully saturated rings. The van der Waals surface area contributed by atoms with Crippen LogP contribution >= 0.6 is 0 Å². The summed E-state index contributed by atoms with van der Waals surface area (Å²) in [7, 11) is 3.26. The van der Waals surface area contributed by atoms with E-state index in [1.165, 1.54) is 17.5 Å². The molecule has 0 spiro atoms. The first kappa shape index (κ1) is 30.3. The molecule has 0 saturated carbocycles. The molecule has 5 aromatic rings. The topological polar surface area (TPSA) is 113 Å². The predicted octanol–water partition coefficient (Wildman–Crippen LogP) is 6.38. The first-order valence-corrected chi connectivity index (χ1v) is 14.4. The fourth-order valence-electron chi connectivity index (χ4n) is 4.57. The molecule has 5 rings (SSSR count). The Morgan fingerprint density at radius 2 is 1.43 bits per heavy atom. The Labute approximate surface area is 257 Å². The molecule has 1 heterocycles. The molecule has 1 aromatic heterocycles. The van der Waals surface area contributed by atoms with Crippen molar-refractivity contribution < 1.29 is 18.9 Å². The third-order valence-corrected chi connectivity index (χ3v) is 6.85. The highest BCUT2D eigenvalue weighted by molar-refractivity contribution is 5.93. The molecule has 0 atom stereocenters. The van der Waals surface area contributed by atoms with Gasteiger partial charge in [0.05, 0.1) is 24.4 Å². The summed E-state index contributed by atoms with van der Waals surface area (Å²) in [5.41, 5.74) is 13.0. The highest BCUT2D eigenvalue weighted by Crippen LogP contribution is 2.35. The Balaban J connectivity index is 1.30. The molecule has 4 N–H and O–H groups in total. The van der Waals surface area contributed by atoms with Gasteiger partial charge in [0.2, 0.25) is 0 Å². The summed E-state index contributed by atoms with van der Waals surface area (Å²) < 4.78 is 22.1. The molecule has 0 unspecified atom stereocenters. The van der Waals surface area contributed by atoms with E-state index in [-0.39, 0.29) is 0 Å². The van der Waals surface area contributed by atoms with Crippen molar-refractivity contribution in [3.63, 3.8) is 0 Å². The van der Waals surface area contributed by atoms with Crippen LogP contribution in [0.1, 0.15) is 16.7 Å². The lowest BCUT2D eigenvalue weighted by Gasteiger charge is -2.15. The number of hydrogen-bond donors (Lipinski definition) is 3. The minimum Gasteiger partial charge on any atom is -0.487 e. The lowest BCUT2D eigenvalue weighted by molar-refractivity contribution is 0.132. The summed E-state index contributed by atoms with van der Waals surface area (Å²) in [6, 6.07) is 30.4. The summed E-state index contributed by atoms with van der Waals surface area (Å²) in [5, 5.41) is 7.50. The van der Waals surface area contributed by atoms with Crippen molar-refractivity contribution in [2.75, 3.05) is 51.3 Å². The van der Waals surface area contributed by atoms with E-state index in [0.717, 1.165) is 28.7 Å². The van der Waals surface area contributed by atoms with E-state index in [9.17, 15) is 0 Å². The van der Waals surface area contributed by atoms with Gasteiger partial charge in [0, 0.05) is 48.8 Å². The van der Waals surface area contributed by atoms with Crippen molar-refractivity contribution in [2.45, 2.75) is 6.42 Å². The number of rotatable bonds is 15. The van der Waals surface area contributed by atoms with Gasteiger partial charge in [0.15, 0.2) is 11.5 Å². The maximum atomic E-state index is 6.47. The van der Waals surface area contributed by atoms with Crippen molar-refractivity contribution in [1.82, 2.24) is 9.97 Å². The summed E-state index contributed by atoms with van der Waals surface area (Å²) in [4.78, 5) is 8.96. The van der Waals surface area contributed by atoms with Gasteiger partial charge in [-0.1, -0.05) is 54.6 Å². The lowest BCUT2D eigenvalue weighted by atomic mass is 10.0. The molecular weight excluding hydrogens is 554 g/mol. The number of ether oxygens (including phenoxy) is 4. The van der Waals surface area contributed by atoms with Crippen LogP contribution in [0, 0.1) is 0 Å². The molecule has 0 aliphatic carbocycles. The van der Waals surface area contributed by atoms with Crippen LogP contribution in [0.3, 0.4) is 0 Å². The van der Waals surface area contributed by atoms with Crippen LogP contribution in [-0.4, -0.2) is 50.6 Å². The van der Waals surface area contributed by atoms with Crippen molar-refractivity contribution in [3.05, 3.63) is 120 Å². The monoisotopic (exact) mass is 591 g/mol. The van der Waals surface area contributed by atoms with Gasteiger partial charge in [-0.3, -0.25) is 0 Å². The lowest BCUT2D eigenvalue weighted by Crippen LogP contribution is -2.09. The van der Waals surface area contributed by atoms with E-state index in [4.69, 9.17) is 24.7 Å². The number of hydrogen-bond acceptors (Lipinski definition) is 9. The Hall–Kier alpha value is -5.12. The fraction of sp³-hybridized carbons (Fsp3) is 0.200. The minimum atomic E-state index is 0.374. The van der Waals surface area contributed by atoms with Crippen LogP contribution in [0.5, 0.6) is 11.5 Å². The molecule has 4 aromatic carbocycles. The van der Waals surface area contributed by atoms with Crippen LogP contribution in [0.15, 0.2) is 104 Å². The zero-order valence-electron chi connectivity index (χ0n) is 25.0. The van der Waals surface area contributed by atoms with Gasteiger partial charge in [-0.2, -0.15) is 0 Å². The number of benzene rings is 4. The SMILES string of the molecule is COCCOc1cc2ncnc(Nc3cccc(/C(N)=C/Nc4ccc(Cc5ccccc5)cc4)c3)c2cc1OCCOC. The van der Waals surface area contributed by atoms with E-state index in [0.29, 0.717) is 55.0 Å². The predicted molar refractivity (Wildman–Crippen MR) is 175 cm³/mol. The third-order valence-electron chi connectivity index (χ3n) is 6.85. The second-order valence-electron chi connectivity index (χ2n) is 10.0. The molecule has 226 valence electrons. The van der Waals surface area contributed by atoms with Gasteiger partial charge in [-0.15, -0.1) is 0 Å². The average Bonchev–Trinajstić information content (AvgIpc) is 3.05. The summed E-state index contributed by atoms with van der Waals surface area (Å²) >= 11 is 0. The molecule has 44 heavy (non-hydrogen) atoms. The molecule has 9 heteroatoms. The van der Waals surface area contributed by atoms with Crippen molar-refractivity contribution >= 4 is 33.8 Å². The molecule has 0 aliphatic heterocycles. The van der Waals surface area contributed by atoms with E-state index in [1.807, 2.05) is 42.5 Å². The van der Waals surface area contributed by atoms with E-state index >= 15 is 0 Å². The third kappa shape index (κ3) is 8.25. The smallest absolute Gasteiger partial charge is 0.163 e. The molecule has 0 amide bonds. The van der Waals surface area contributed by atoms with E-state index < -0.39 is 0 Å². The second-order valence-corrected chi connectivity index (χ2v) is 10.0. The standard InChI is InChI=1S/C35H37N5O4/c1-41-15-17-43-33-21-30-32(22-34(33)44-18-16-42-2)38-24-39-35(30)40-29-10-6-9-27(20-29)31(36)23-37-28-13-11-26(12-14-28)19-25-7-4-3-5-8-25/h3-14,20-24,37H,15-19,36H2,1-2H3,(H,38,39,40)/b31-23-. The molecule has 0 radical (unpaired) electrons. The van der Waals surface area contributed by atoms with Crippen LogP contribution in [-0.2, 0) is 15.9 Å². The van der Waals surface area contributed by atoms with Gasteiger partial charge >= 0.3 is 0 Å². The van der Waals surface area contributed by atoms with Crippen molar-refractivity contribution in [2.24, 2.45) is 5.73 Å². The number of nitrogens with zero attached hydrogens (tertiary/aromatic N) is 2. The Bertz CT molecular complexity index is 1680. The molecular formula is C35H37N5O4. The minimum absolute atomic E-state index is 0.374. The number of anilines is 3. The number of nitrogens with one attached hydrogen (secondary N) is 2. The van der Waals surface area contributed by atoms with E-state index in [1.54, 1.807) is 20.4 Å². The van der Waals surface area contributed by atoms with Crippen molar-refractivity contribution in [3.8, 4) is 11.5 Å². The normalized spacial score (nSPS) is 11.4. The number of fused-ring (bicyclic) bond motifs is 1. The average molecular weight is 592 g/mol. The number of methoxy groups -OCH3 is 2. The Morgan fingerprint density at radius 1 is 0.727 bits per heavy atom. The zero-order valence-corrected chi connectivity index (χ0v) is 25.0. The van der Waals surface area contributed by atoms with Crippen LogP contribution in [0.4, 0.5) is 17.2 Å². The van der Waals surface area contributed by atoms with E-state index in [2.05, 4.69) is 69.1 Å². The second kappa shape index (κ2) is 15.4. The zero-order chi connectivity index (χ0) is 30.6. The van der Waals surface area contributed by atoms with Crippen LogP contribution in [0.25, 0.3) is 16.6 Å². The largest absolute Gasteiger partial charge is 0.487 e. The maximum absolute atomic E-state index is 6.47. The Morgan fingerprint density at radius 3 is 2.16 bits per heavy atom. The summed E-state index contributed by atoms with van der Waals surface area (Å²) in [5.74, 6) is 1.78.